The van der Waals surface area contributed by atoms with Gasteiger partial charge in [0.15, 0.2) is 16.7 Å². The Hall–Kier alpha value is -2.42. The Kier molecular flexibility index (Phi) is 4.16. The van der Waals surface area contributed by atoms with Crippen LogP contribution in [0, 0.1) is 0 Å². The van der Waals surface area contributed by atoms with Gasteiger partial charge in [0.1, 0.15) is 0 Å². The van der Waals surface area contributed by atoms with Gasteiger partial charge in [0.2, 0.25) is 12.7 Å². The number of benzene rings is 1. The molecule has 1 saturated carbocycles. The van der Waals surface area contributed by atoms with Crippen LogP contribution in [0.25, 0.3) is 0 Å². The molecule has 1 amide bonds. The molecule has 0 bridgehead atoms. The van der Waals surface area contributed by atoms with Crippen molar-refractivity contribution in [1.29, 1.82) is 0 Å². The maximum atomic E-state index is 12.2. The lowest BCUT2D eigenvalue weighted by atomic mass is 10.1. The van der Waals surface area contributed by atoms with E-state index in [4.69, 9.17) is 9.47 Å². The molecule has 1 aromatic heterocycles. The minimum Gasteiger partial charge on any atom is -0.454 e. The first-order chi connectivity index (χ1) is 12.1. The Bertz CT molecular complexity index is 858. The number of H-pyrrole nitrogens is 1. The van der Waals surface area contributed by atoms with Crippen molar-refractivity contribution < 1.29 is 14.3 Å². The molecule has 2 heterocycles. The molecule has 2 N–H and O–H groups in total. The summed E-state index contributed by atoms with van der Waals surface area (Å²) >= 11 is 1.27. The Morgan fingerprint density at radius 2 is 2.24 bits per heavy atom. The molecule has 1 unspecified atom stereocenters. The van der Waals surface area contributed by atoms with Gasteiger partial charge in [-0.25, -0.2) is 9.89 Å². The fraction of sp³-hybridized carbons (Fsp3) is 0.438. The summed E-state index contributed by atoms with van der Waals surface area (Å²) in [6, 6.07) is 5.69. The lowest BCUT2D eigenvalue weighted by molar-refractivity contribution is -0.119. The molecule has 1 atom stereocenters. The zero-order valence-corrected chi connectivity index (χ0v) is 14.5. The first kappa shape index (κ1) is 16.1. The van der Waals surface area contributed by atoms with E-state index in [1.54, 1.807) is 4.57 Å². The second-order valence-electron chi connectivity index (χ2n) is 6.10. The average molecular weight is 362 g/mol. The number of hydrogen-bond donors (Lipinski definition) is 2. The summed E-state index contributed by atoms with van der Waals surface area (Å²) in [7, 11) is 0. The SMILES string of the molecule is CC(NC(=O)CSc1n[nH]c(=O)n1C1CC1)c1ccc2c(c1)OCO2. The minimum atomic E-state index is -0.209. The second-order valence-corrected chi connectivity index (χ2v) is 7.05. The minimum absolute atomic E-state index is 0.118. The number of amides is 1. The van der Waals surface area contributed by atoms with Gasteiger partial charge < -0.3 is 14.8 Å². The van der Waals surface area contributed by atoms with Crippen LogP contribution in [0.5, 0.6) is 11.5 Å². The highest BCUT2D eigenvalue weighted by Gasteiger charge is 2.28. The molecular formula is C16H18N4O4S. The molecule has 9 heteroatoms. The van der Waals surface area contributed by atoms with Crippen LogP contribution in [0.15, 0.2) is 28.2 Å². The van der Waals surface area contributed by atoms with E-state index in [1.165, 1.54) is 11.8 Å². The van der Waals surface area contributed by atoms with E-state index >= 15 is 0 Å². The molecule has 25 heavy (non-hydrogen) atoms. The highest BCUT2D eigenvalue weighted by Crippen LogP contribution is 2.36. The number of carbonyl (C=O) groups is 1. The van der Waals surface area contributed by atoms with Crippen LogP contribution in [0.3, 0.4) is 0 Å². The van der Waals surface area contributed by atoms with Crippen LogP contribution >= 0.6 is 11.8 Å². The van der Waals surface area contributed by atoms with E-state index in [-0.39, 0.29) is 36.2 Å². The molecule has 0 saturated heterocycles. The monoisotopic (exact) mass is 362 g/mol. The molecule has 2 aliphatic rings. The van der Waals surface area contributed by atoms with Gasteiger partial charge in [-0.15, -0.1) is 5.10 Å². The molecule has 4 rings (SSSR count). The van der Waals surface area contributed by atoms with Gasteiger partial charge in [-0.2, -0.15) is 0 Å². The zero-order chi connectivity index (χ0) is 17.4. The standard InChI is InChI=1S/C16H18N4O4S/c1-9(10-2-5-12-13(6-10)24-8-23-12)17-14(21)7-25-16-19-18-15(22)20(16)11-3-4-11/h2,5-6,9,11H,3-4,7-8H2,1H3,(H,17,21)(H,18,22). The van der Waals surface area contributed by atoms with Crippen LogP contribution < -0.4 is 20.5 Å². The highest BCUT2D eigenvalue weighted by atomic mass is 32.2. The maximum absolute atomic E-state index is 12.2. The maximum Gasteiger partial charge on any atom is 0.344 e. The van der Waals surface area contributed by atoms with Gasteiger partial charge in [-0.1, -0.05) is 17.8 Å². The van der Waals surface area contributed by atoms with E-state index < -0.39 is 0 Å². The Morgan fingerprint density at radius 3 is 3.04 bits per heavy atom. The number of aromatic amines is 1. The van der Waals surface area contributed by atoms with Crippen LogP contribution in [0.4, 0.5) is 0 Å². The Labute approximate surface area is 147 Å². The summed E-state index contributed by atoms with van der Waals surface area (Å²) in [5.41, 5.74) is 0.733. The van der Waals surface area contributed by atoms with Crippen LogP contribution in [-0.2, 0) is 4.79 Å². The number of fused-ring (bicyclic) bond motifs is 1. The Balaban J connectivity index is 1.35. The molecule has 132 valence electrons. The van der Waals surface area contributed by atoms with Crippen molar-refractivity contribution in [1.82, 2.24) is 20.1 Å². The molecule has 1 aliphatic heterocycles. The summed E-state index contributed by atoms with van der Waals surface area (Å²) in [4.78, 5) is 24.0. The van der Waals surface area contributed by atoms with Crippen molar-refractivity contribution in [3.8, 4) is 11.5 Å². The van der Waals surface area contributed by atoms with Crippen molar-refractivity contribution >= 4 is 17.7 Å². The van der Waals surface area contributed by atoms with Crippen molar-refractivity contribution in [2.24, 2.45) is 0 Å². The lowest BCUT2D eigenvalue weighted by Crippen LogP contribution is -2.28. The highest BCUT2D eigenvalue weighted by molar-refractivity contribution is 7.99. The lowest BCUT2D eigenvalue weighted by Gasteiger charge is -2.14. The molecule has 1 aliphatic carbocycles. The Morgan fingerprint density at radius 1 is 1.44 bits per heavy atom. The van der Waals surface area contributed by atoms with Gasteiger partial charge in [0.25, 0.3) is 0 Å². The zero-order valence-electron chi connectivity index (χ0n) is 13.7. The van der Waals surface area contributed by atoms with Gasteiger partial charge in [0, 0.05) is 6.04 Å². The molecule has 8 nitrogen and oxygen atoms in total. The predicted molar refractivity (Wildman–Crippen MR) is 91.0 cm³/mol. The second kappa shape index (κ2) is 6.47. The molecule has 1 aromatic carbocycles. The van der Waals surface area contributed by atoms with Gasteiger partial charge in [-0.05, 0) is 37.5 Å². The summed E-state index contributed by atoms with van der Waals surface area (Å²) < 4.78 is 12.3. The third-order valence-corrected chi connectivity index (χ3v) is 5.14. The van der Waals surface area contributed by atoms with Gasteiger partial charge in [-0.3, -0.25) is 9.36 Å². The smallest absolute Gasteiger partial charge is 0.344 e. The average Bonchev–Trinajstić information content (AvgIpc) is 3.19. The molecular weight excluding hydrogens is 344 g/mol. The summed E-state index contributed by atoms with van der Waals surface area (Å²) in [5.74, 6) is 1.49. The number of nitrogens with zero attached hydrogens (tertiary/aromatic N) is 2. The van der Waals surface area contributed by atoms with Gasteiger partial charge >= 0.3 is 5.69 Å². The largest absolute Gasteiger partial charge is 0.454 e. The number of thioether (sulfide) groups is 1. The summed E-state index contributed by atoms with van der Waals surface area (Å²) in [6.45, 7) is 2.14. The normalized spacial score (nSPS) is 16.7. The fourth-order valence-electron chi connectivity index (χ4n) is 2.73. The van der Waals surface area contributed by atoms with Crippen LogP contribution in [0.2, 0.25) is 0 Å². The van der Waals surface area contributed by atoms with Crippen molar-refractivity contribution in [3.63, 3.8) is 0 Å². The molecule has 2 aromatic rings. The van der Waals surface area contributed by atoms with E-state index in [9.17, 15) is 9.59 Å². The number of aromatic nitrogens is 3. The third kappa shape index (κ3) is 3.37. The van der Waals surface area contributed by atoms with Gasteiger partial charge in [0.05, 0.1) is 11.8 Å². The van der Waals surface area contributed by atoms with Crippen LogP contribution in [0.1, 0.15) is 37.4 Å². The number of rotatable bonds is 6. The van der Waals surface area contributed by atoms with Crippen LogP contribution in [-0.4, -0.2) is 33.2 Å². The van der Waals surface area contributed by atoms with E-state index in [0.717, 1.165) is 24.2 Å². The number of nitrogens with one attached hydrogen (secondary N) is 2. The summed E-state index contributed by atoms with van der Waals surface area (Å²) in [5, 5.41) is 9.97. The molecule has 0 radical (unpaired) electrons. The van der Waals surface area contributed by atoms with E-state index in [0.29, 0.717) is 10.9 Å². The first-order valence-corrected chi connectivity index (χ1v) is 9.09. The van der Waals surface area contributed by atoms with Crippen molar-refractivity contribution in [2.45, 2.75) is 37.0 Å². The van der Waals surface area contributed by atoms with E-state index in [2.05, 4.69) is 15.5 Å². The third-order valence-electron chi connectivity index (χ3n) is 4.19. The fourth-order valence-corrected chi connectivity index (χ4v) is 3.55. The topological polar surface area (TPSA) is 98.2 Å². The van der Waals surface area contributed by atoms with Crippen molar-refractivity contribution in [3.05, 3.63) is 34.2 Å². The van der Waals surface area contributed by atoms with Crippen molar-refractivity contribution in [2.75, 3.05) is 12.5 Å². The predicted octanol–water partition coefficient (Wildman–Crippen LogP) is 1.60. The first-order valence-electron chi connectivity index (χ1n) is 8.10. The van der Waals surface area contributed by atoms with E-state index in [1.807, 2.05) is 25.1 Å². The number of carbonyl (C=O) groups excluding carboxylic acids is 1. The summed E-state index contributed by atoms with van der Waals surface area (Å²) in [6.07, 6.45) is 1.97. The molecule has 1 fully saturated rings. The number of ether oxygens (including phenoxy) is 2. The number of hydrogen-bond acceptors (Lipinski definition) is 6. The quantitative estimate of drug-likeness (QED) is 0.758. The molecule has 0 spiro atoms.